The molecule has 6 nitrogen and oxygen atoms in total. The van der Waals surface area contributed by atoms with Gasteiger partial charge in [-0.25, -0.2) is 4.79 Å². The number of carbonyl (C=O) groups is 1. The maximum atomic E-state index is 11.8. The monoisotopic (exact) mass is 250 g/mol. The van der Waals surface area contributed by atoms with E-state index < -0.39 is 0 Å². The van der Waals surface area contributed by atoms with Crippen LogP contribution in [0, 0.1) is 6.92 Å². The Hall–Kier alpha value is -2.24. The van der Waals surface area contributed by atoms with E-state index in [0.717, 1.165) is 5.56 Å². The predicted molar refractivity (Wildman–Crippen MR) is 71.0 cm³/mol. The summed E-state index contributed by atoms with van der Waals surface area (Å²) in [6.45, 7) is 4.30. The van der Waals surface area contributed by atoms with Crippen LogP contribution in [-0.2, 0) is 0 Å². The Balaban J connectivity index is 3.10. The molecule has 1 aromatic rings. The lowest BCUT2D eigenvalue weighted by atomic mass is 10.1. The van der Waals surface area contributed by atoms with Crippen molar-refractivity contribution in [2.75, 3.05) is 18.9 Å². The summed E-state index contributed by atoms with van der Waals surface area (Å²) in [5.74, 6) is -0.0254. The summed E-state index contributed by atoms with van der Waals surface area (Å²) in [7, 11) is 1.69. The lowest BCUT2D eigenvalue weighted by Gasteiger charge is -2.18. The number of oxime groups is 1. The smallest absolute Gasteiger partial charge is 0.321 e. The number of anilines is 1. The minimum absolute atomic E-state index is 0.0254. The molecule has 0 spiro atoms. The fourth-order valence-electron chi connectivity index (χ4n) is 1.52. The van der Waals surface area contributed by atoms with E-state index in [2.05, 4.69) is 10.5 Å². The molecule has 98 valence electrons. The topological polar surface area (TPSA) is 91.0 Å². The first-order valence-corrected chi connectivity index (χ1v) is 5.60. The van der Waals surface area contributed by atoms with Crippen molar-refractivity contribution in [3.63, 3.8) is 0 Å². The molecule has 0 radical (unpaired) electrons. The second-order valence-corrected chi connectivity index (χ2v) is 3.93. The van der Waals surface area contributed by atoms with E-state index in [4.69, 9.17) is 10.9 Å². The Morgan fingerprint density at radius 2 is 2.22 bits per heavy atom. The molecule has 0 atom stereocenters. The van der Waals surface area contributed by atoms with Crippen LogP contribution in [0.4, 0.5) is 10.5 Å². The van der Waals surface area contributed by atoms with Crippen molar-refractivity contribution in [1.29, 1.82) is 0 Å². The highest BCUT2D eigenvalue weighted by atomic mass is 16.4. The van der Waals surface area contributed by atoms with Gasteiger partial charge in [0.2, 0.25) is 0 Å². The van der Waals surface area contributed by atoms with Crippen molar-refractivity contribution in [3.05, 3.63) is 29.3 Å². The lowest BCUT2D eigenvalue weighted by molar-refractivity contribution is 0.224. The SMILES string of the molecule is CCN(C)C(=O)Nc1cccc(C)c1/C(N)=N/O. The van der Waals surface area contributed by atoms with Crippen LogP contribution in [0.2, 0.25) is 0 Å². The van der Waals surface area contributed by atoms with Gasteiger partial charge in [-0.3, -0.25) is 0 Å². The highest BCUT2D eigenvalue weighted by molar-refractivity contribution is 6.06. The number of nitrogens with zero attached hydrogens (tertiary/aromatic N) is 2. The maximum Gasteiger partial charge on any atom is 0.321 e. The zero-order chi connectivity index (χ0) is 13.7. The van der Waals surface area contributed by atoms with Crippen molar-refractivity contribution >= 4 is 17.6 Å². The number of amidine groups is 1. The standard InChI is InChI=1S/C12H18N4O2/c1-4-16(3)12(17)14-9-7-5-6-8(2)10(9)11(13)15-18/h5-7,18H,4H2,1-3H3,(H2,13,15)(H,14,17). The summed E-state index contributed by atoms with van der Waals surface area (Å²) in [6.07, 6.45) is 0. The van der Waals surface area contributed by atoms with Crippen LogP contribution in [-0.4, -0.2) is 35.6 Å². The molecule has 0 aliphatic rings. The van der Waals surface area contributed by atoms with Gasteiger partial charge in [-0.05, 0) is 25.5 Å². The normalized spacial score (nSPS) is 11.2. The third-order valence-electron chi connectivity index (χ3n) is 2.70. The van der Waals surface area contributed by atoms with Crippen LogP contribution >= 0.6 is 0 Å². The first-order valence-electron chi connectivity index (χ1n) is 5.60. The summed E-state index contributed by atoms with van der Waals surface area (Å²) < 4.78 is 0. The summed E-state index contributed by atoms with van der Waals surface area (Å²) >= 11 is 0. The van der Waals surface area contributed by atoms with Gasteiger partial charge in [0.15, 0.2) is 5.84 Å². The van der Waals surface area contributed by atoms with Crippen molar-refractivity contribution in [3.8, 4) is 0 Å². The second-order valence-electron chi connectivity index (χ2n) is 3.93. The number of benzene rings is 1. The molecule has 4 N–H and O–H groups in total. The number of carbonyl (C=O) groups excluding carboxylic acids is 1. The Labute approximate surface area is 106 Å². The van der Waals surface area contributed by atoms with E-state index in [1.54, 1.807) is 19.2 Å². The highest BCUT2D eigenvalue weighted by Gasteiger charge is 2.14. The molecule has 0 aromatic heterocycles. The van der Waals surface area contributed by atoms with E-state index in [-0.39, 0.29) is 11.9 Å². The van der Waals surface area contributed by atoms with E-state index in [1.807, 2.05) is 19.9 Å². The average Bonchev–Trinajstić information content (AvgIpc) is 2.37. The molecule has 0 unspecified atom stereocenters. The number of nitrogens with one attached hydrogen (secondary N) is 1. The number of hydrogen-bond donors (Lipinski definition) is 3. The van der Waals surface area contributed by atoms with E-state index in [1.165, 1.54) is 4.90 Å². The van der Waals surface area contributed by atoms with Gasteiger partial charge < -0.3 is 21.2 Å². The lowest BCUT2D eigenvalue weighted by Crippen LogP contribution is -2.32. The van der Waals surface area contributed by atoms with Crippen LogP contribution in [0.25, 0.3) is 0 Å². The van der Waals surface area contributed by atoms with Gasteiger partial charge in [0, 0.05) is 19.2 Å². The number of rotatable bonds is 3. The van der Waals surface area contributed by atoms with Crippen LogP contribution in [0.1, 0.15) is 18.1 Å². The minimum atomic E-state index is -0.241. The molecule has 0 heterocycles. The number of hydrogen-bond acceptors (Lipinski definition) is 3. The molecule has 0 saturated heterocycles. The first kappa shape index (κ1) is 13.8. The third-order valence-corrected chi connectivity index (χ3v) is 2.70. The van der Waals surface area contributed by atoms with Gasteiger partial charge in [-0.15, -0.1) is 0 Å². The Kier molecular flexibility index (Phi) is 4.53. The van der Waals surface area contributed by atoms with Crippen molar-refractivity contribution in [2.24, 2.45) is 10.9 Å². The molecule has 18 heavy (non-hydrogen) atoms. The fourth-order valence-corrected chi connectivity index (χ4v) is 1.52. The van der Waals surface area contributed by atoms with Gasteiger partial charge in [-0.2, -0.15) is 0 Å². The molecular weight excluding hydrogens is 232 g/mol. The molecule has 1 aromatic carbocycles. The minimum Gasteiger partial charge on any atom is -0.409 e. The number of aryl methyl sites for hydroxylation is 1. The maximum absolute atomic E-state index is 11.8. The molecule has 0 saturated carbocycles. The molecule has 0 aliphatic carbocycles. The number of urea groups is 1. The van der Waals surface area contributed by atoms with Crippen molar-refractivity contribution in [1.82, 2.24) is 4.90 Å². The van der Waals surface area contributed by atoms with Gasteiger partial charge in [0.1, 0.15) is 0 Å². The Morgan fingerprint density at radius 1 is 1.56 bits per heavy atom. The van der Waals surface area contributed by atoms with Crippen molar-refractivity contribution < 1.29 is 10.0 Å². The van der Waals surface area contributed by atoms with E-state index in [0.29, 0.717) is 17.8 Å². The second kappa shape index (κ2) is 5.90. The molecule has 1 rings (SSSR count). The largest absolute Gasteiger partial charge is 0.409 e. The average molecular weight is 250 g/mol. The van der Waals surface area contributed by atoms with E-state index >= 15 is 0 Å². The highest BCUT2D eigenvalue weighted by Crippen LogP contribution is 2.19. The van der Waals surface area contributed by atoms with Crippen LogP contribution in [0.5, 0.6) is 0 Å². The zero-order valence-electron chi connectivity index (χ0n) is 10.8. The third kappa shape index (κ3) is 2.91. The molecular formula is C12H18N4O2. The quantitative estimate of drug-likeness (QED) is 0.329. The zero-order valence-corrected chi connectivity index (χ0v) is 10.8. The van der Waals surface area contributed by atoms with Crippen LogP contribution < -0.4 is 11.1 Å². The van der Waals surface area contributed by atoms with Crippen LogP contribution in [0.3, 0.4) is 0 Å². The molecule has 2 amide bonds. The van der Waals surface area contributed by atoms with Gasteiger partial charge in [0.25, 0.3) is 0 Å². The summed E-state index contributed by atoms with van der Waals surface area (Å²) in [4.78, 5) is 13.3. The summed E-state index contributed by atoms with van der Waals surface area (Å²) in [6, 6.07) is 5.09. The van der Waals surface area contributed by atoms with E-state index in [9.17, 15) is 4.79 Å². The summed E-state index contributed by atoms with van der Waals surface area (Å²) in [5, 5.41) is 14.5. The number of nitrogens with two attached hydrogens (primary N) is 1. The fraction of sp³-hybridized carbons (Fsp3) is 0.333. The Bertz CT molecular complexity index is 471. The molecule has 0 fully saturated rings. The molecule has 0 aliphatic heterocycles. The number of amides is 2. The first-order chi connectivity index (χ1) is 8.51. The molecule has 6 heteroatoms. The van der Waals surface area contributed by atoms with Gasteiger partial charge in [0.05, 0.1) is 5.69 Å². The van der Waals surface area contributed by atoms with Crippen molar-refractivity contribution in [2.45, 2.75) is 13.8 Å². The van der Waals surface area contributed by atoms with Gasteiger partial charge >= 0.3 is 6.03 Å². The van der Waals surface area contributed by atoms with Crippen LogP contribution in [0.15, 0.2) is 23.4 Å². The Morgan fingerprint density at radius 3 is 2.78 bits per heavy atom. The van der Waals surface area contributed by atoms with Gasteiger partial charge in [-0.1, -0.05) is 17.3 Å². The molecule has 0 bridgehead atoms. The predicted octanol–water partition coefficient (Wildman–Crippen LogP) is 1.57. The summed E-state index contributed by atoms with van der Waals surface area (Å²) in [5.41, 5.74) is 7.49.